The van der Waals surface area contributed by atoms with Gasteiger partial charge in [0.25, 0.3) is 0 Å². The maximum atomic E-state index is 13.5. The Morgan fingerprint density at radius 2 is 1.75 bits per heavy atom. The highest BCUT2D eigenvalue weighted by molar-refractivity contribution is 7.89. The second-order valence-corrected chi connectivity index (χ2v) is 10.4. The third-order valence-electron chi connectivity index (χ3n) is 6.23. The molecule has 1 fully saturated rings. The van der Waals surface area contributed by atoms with Gasteiger partial charge < -0.3 is 10.1 Å². The Morgan fingerprint density at radius 1 is 1.12 bits per heavy atom. The van der Waals surface area contributed by atoms with Crippen molar-refractivity contribution in [1.82, 2.24) is 9.62 Å². The van der Waals surface area contributed by atoms with E-state index in [1.807, 2.05) is 39.0 Å². The summed E-state index contributed by atoms with van der Waals surface area (Å²) in [5.74, 6) is -0.0737. The molecule has 1 unspecified atom stereocenters. The molecule has 0 radical (unpaired) electrons. The average molecular weight is 479 g/mol. The summed E-state index contributed by atoms with van der Waals surface area (Å²) in [4.78, 5) is 13.7. The van der Waals surface area contributed by atoms with Gasteiger partial charge in [0, 0.05) is 31.3 Å². The molecule has 0 bridgehead atoms. The van der Waals surface area contributed by atoms with E-state index < -0.39 is 15.4 Å². The fourth-order valence-electron chi connectivity index (χ4n) is 4.21. The second kappa shape index (κ2) is 10.3. The van der Waals surface area contributed by atoms with Crippen LogP contribution in [0.25, 0.3) is 0 Å². The monoisotopic (exact) mass is 478 g/mol. The molecule has 1 saturated heterocycles. The smallest absolute Gasteiger partial charge is 0.243 e. The first-order chi connectivity index (χ1) is 15.2. The fourth-order valence-corrected chi connectivity index (χ4v) is 5.86. The molecule has 1 atom stereocenters. The fraction of sp³-hybridized carbons (Fsp3) is 0.458. The lowest BCUT2D eigenvalue weighted by Crippen LogP contribution is -2.48. The Labute approximate surface area is 196 Å². The zero-order chi connectivity index (χ0) is 23.4. The summed E-state index contributed by atoms with van der Waals surface area (Å²) in [6.45, 7) is 7.39. The lowest BCUT2D eigenvalue weighted by Gasteiger charge is -2.37. The molecule has 0 spiro atoms. The van der Waals surface area contributed by atoms with Crippen LogP contribution in [0.1, 0.15) is 50.8 Å². The Balaban J connectivity index is 1.81. The van der Waals surface area contributed by atoms with Gasteiger partial charge in [-0.05, 0) is 55.2 Å². The van der Waals surface area contributed by atoms with E-state index in [1.165, 1.54) is 4.31 Å². The molecule has 0 saturated carbocycles. The van der Waals surface area contributed by atoms with Gasteiger partial charge in [-0.25, -0.2) is 8.42 Å². The first-order valence-corrected chi connectivity index (χ1v) is 12.8. The Bertz CT molecular complexity index is 1030. The quantitative estimate of drug-likeness (QED) is 0.613. The molecule has 1 amide bonds. The van der Waals surface area contributed by atoms with Crippen molar-refractivity contribution in [3.63, 3.8) is 0 Å². The minimum atomic E-state index is -3.51. The van der Waals surface area contributed by atoms with Crippen molar-refractivity contribution in [2.24, 2.45) is 0 Å². The highest BCUT2D eigenvalue weighted by Crippen LogP contribution is 2.37. The molecule has 8 heteroatoms. The molecule has 1 aliphatic rings. The first-order valence-electron chi connectivity index (χ1n) is 11.0. The van der Waals surface area contributed by atoms with Gasteiger partial charge in [0.1, 0.15) is 0 Å². The number of hydrogen-bond donors (Lipinski definition) is 1. The van der Waals surface area contributed by atoms with Crippen molar-refractivity contribution >= 4 is 27.5 Å². The van der Waals surface area contributed by atoms with Crippen LogP contribution >= 0.6 is 11.6 Å². The molecule has 0 aromatic heterocycles. The van der Waals surface area contributed by atoms with Gasteiger partial charge in [-0.15, -0.1) is 0 Å². The number of halogens is 1. The van der Waals surface area contributed by atoms with Gasteiger partial charge in [0.2, 0.25) is 15.9 Å². The summed E-state index contributed by atoms with van der Waals surface area (Å²) in [6.07, 6.45) is 1.15. The van der Waals surface area contributed by atoms with Crippen LogP contribution in [0.2, 0.25) is 5.02 Å². The number of rotatable bonds is 8. The number of nitrogens with zero attached hydrogens (tertiary/aromatic N) is 1. The molecule has 3 rings (SSSR count). The Hall–Kier alpha value is -1.93. The number of benzene rings is 2. The number of amides is 1. The van der Waals surface area contributed by atoms with Gasteiger partial charge in [0.15, 0.2) is 0 Å². The molecule has 6 nitrogen and oxygen atoms in total. The summed E-state index contributed by atoms with van der Waals surface area (Å²) in [5.41, 5.74) is 1.02. The highest BCUT2D eigenvalue weighted by atomic mass is 35.5. The normalized spacial score (nSPS) is 17.2. The molecular formula is C24H31ClN2O4S. The second-order valence-electron chi connectivity index (χ2n) is 8.06. The van der Waals surface area contributed by atoms with Gasteiger partial charge in [-0.2, -0.15) is 4.31 Å². The van der Waals surface area contributed by atoms with Crippen molar-refractivity contribution in [1.29, 1.82) is 0 Å². The van der Waals surface area contributed by atoms with Crippen LogP contribution in [-0.2, 0) is 25.0 Å². The van der Waals surface area contributed by atoms with Gasteiger partial charge >= 0.3 is 0 Å². The molecule has 32 heavy (non-hydrogen) atoms. The molecule has 0 aliphatic carbocycles. The van der Waals surface area contributed by atoms with Crippen LogP contribution in [0.15, 0.2) is 53.4 Å². The SMILES string of the molecule is CCN(CC)S(=O)(=O)c1ccc(C(C)NC(=O)C2(c3cccc(Cl)c3)CCOCC2)cc1. The van der Waals surface area contributed by atoms with E-state index in [-0.39, 0.29) is 16.8 Å². The summed E-state index contributed by atoms with van der Waals surface area (Å²) < 4.78 is 32.4. The van der Waals surface area contributed by atoms with E-state index in [4.69, 9.17) is 16.3 Å². The number of carbonyl (C=O) groups excluding carboxylic acids is 1. The maximum absolute atomic E-state index is 13.5. The number of sulfonamides is 1. The van der Waals surface area contributed by atoms with E-state index >= 15 is 0 Å². The number of ether oxygens (including phenoxy) is 1. The van der Waals surface area contributed by atoms with Gasteiger partial charge in [-0.1, -0.05) is 49.7 Å². The van der Waals surface area contributed by atoms with E-state index in [2.05, 4.69) is 5.32 Å². The van der Waals surface area contributed by atoms with Crippen molar-refractivity contribution < 1.29 is 17.9 Å². The van der Waals surface area contributed by atoms with Crippen molar-refractivity contribution in [3.8, 4) is 0 Å². The summed E-state index contributed by atoms with van der Waals surface area (Å²) >= 11 is 6.21. The maximum Gasteiger partial charge on any atom is 0.243 e. The molecule has 1 aliphatic heterocycles. The molecule has 1 N–H and O–H groups in total. The Kier molecular flexibility index (Phi) is 7.98. The lowest BCUT2D eigenvalue weighted by atomic mass is 9.73. The van der Waals surface area contributed by atoms with Crippen LogP contribution in [0, 0.1) is 0 Å². The van der Waals surface area contributed by atoms with Crippen LogP contribution < -0.4 is 5.32 Å². The van der Waals surface area contributed by atoms with Crippen LogP contribution in [0.5, 0.6) is 0 Å². The van der Waals surface area contributed by atoms with Gasteiger partial charge in [-0.3, -0.25) is 4.79 Å². The predicted octanol–water partition coefficient (Wildman–Crippen LogP) is 4.30. The molecule has 1 heterocycles. The number of nitrogens with one attached hydrogen (secondary N) is 1. The van der Waals surface area contributed by atoms with Gasteiger partial charge in [0.05, 0.1) is 16.4 Å². The van der Waals surface area contributed by atoms with E-state index in [0.29, 0.717) is 44.2 Å². The van der Waals surface area contributed by atoms with Crippen molar-refractivity contribution in [2.75, 3.05) is 26.3 Å². The van der Waals surface area contributed by atoms with E-state index in [0.717, 1.165) is 11.1 Å². The standard InChI is InChI=1S/C24H31ClN2O4S/c1-4-27(5-2)32(29,30)22-11-9-19(10-12-22)18(3)26-23(28)24(13-15-31-16-14-24)20-7-6-8-21(25)17-20/h6-12,17-18H,4-5,13-16H2,1-3H3,(H,26,28). The molecule has 174 valence electrons. The largest absolute Gasteiger partial charge is 0.381 e. The molecule has 2 aromatic rings. The zero-order valence-electron chi connectivity index (χ0n) is 18.8. The first kappa shape index (κ1) is 24.7. The average Bonchev–Trinajstić information content (AvgIpc) is 2.80. The predicted molar refractivity (Wildman–Crippen MR) is 126 cm³/mol. The minimum Gasteiger partial charge on any atom is -0.381 e. The molecule has 2 aromatic carbocycles. The van der Waals surface area contributed by atoms with Crippen LogP contribution in [0.4, 0.5) is 0 Å². The Morgan fingerprint density at radius 3 is 2.31 bits per heavy atom. The van der Waals surface area contributed by atoms with E-state index in [1.54, 1.807) is 30.3 Å². The summed E-state index contributed by atoms with van der Waals surface area (Å²) in [7, 11) is -3.51. The number of hydrogen-bond acceptors (Lipinski definition) is 4. The third-order valence-corrected chi connectivity index (χ3v) is 8.53. The topological polar surface area (TPSA) is 75.7 Å². The lowest BCUT2D eigenvalue weighted by molar-refractivity contribution is -0.131. The summed E-state index contributed by atoms with van der Waals surface area (Å²) in [5, 5.41) is 3.73. The third kappa shape index (κ3) is 5.01. The highest BCUT2D eigenvalue weighted by Gasteiger charge is 2.42. The van der Waals surface area contributed by atoms with E-state index in [9.17, 15) is 13.2 Å². The summed E-state index contributed by atoms with van der Waals surface area (Å²) in [6, 6.07) is 13.9. The number of carbonyl (C=O) groups is 1. The zero-order valence-corrected chi connectivity index (χ0v) is 20.4. The van der Waals surface area contributed by atoms with Crippen molar-refractivity contribution in [2.45, 2.75) is 50.0 Å². The minimum absolute atomic E-state index is 0.0737. The van der Waals surface area contributed by atoms with Crippen LogP contribution in [0.3, 0.4) is 0 Å². The van der Waals surface area contributed by atoms with Crippen molar-refractivity contribution in [3.05, 3.63) is 64.7 Å². The van der Waals surface area contributed by atoms with Crippen LogP contribution in [-0.4, -0.2) is 44.9 Å². The molecular weight excluding hydrogens is 448 g/mol.